The van der Waals surface area contributed by atoms with E-state index in [4.69, 9.17) is 16.3 Å². The van der Waals surface area contributed by atoms with Gasteiger partial charge in [0.15, 0.2) is 0 Å². The average molecular weight is 472 g/mol. The molecule has 178 valence electrons. The van der Waals surface area contributed by atoms with E-state index in [1.807, 2.05) is 24.3 Å². The Bertz CT molecular complexity index is 909. The molecular formula is C26H34ClN3O3. The van der Waals surface area contributed by atoms with Gasteiger partial charge in [-0.15, -0.1) is 0 Å². The van der Waals surface area contributed by atoms with Crippen LogP contribution in [0.4, 0.5) is 5.69 Å². The van der Waals surface area contributed by atoms with Crippen LogP contribution in [0.15, 0.2) is 48.5 Å². The number of rotatable bonds is 9. The molecule has 0 aromatic heterocycles. The summed E-state index contributed by atoms with van der Waals surface area (Å²) in [7, 11) is 0. The van der Waals surface area contributed by atoms with Crippen LogP contribution in [0, 0.1) is 12.8 Å². The molecule has 0 unspecified atom stereocenters. The first-order valence-electron chi connectivity index (χ1n) is 11.6. The topological polar surface area (TPSA) is 70.7 Å². The Balaban J connectivity index is 1.71. The fourth-order valence-electron chi connectivity index (χ4n) is 3.81. The molecule has 2 aromatic carbocycles. The molecule has 2 amide bonds. The first-order valence-corrected chi connectivity index (χ1v) is 11.9. The van der Waals surface area contributed by atoms with E-state index in [1.165, 1.54) is 5.56 Å². The molecule has 0 aliphatic carbocycles. The second kappa shape index (κ2) is 12.1. The number of amides is 2. The van der Waals surface area contributed by atoms with Crippen molar-refractivity contribution in [1.29, 1.82) is 0 Å². The van der Waals surface area contributed by atoms with Gasteiger partial charge < -0.3 is 20.3 Å². The summed E-state index contributed by atoms with van der Waals surface area (Å²) in [5.41, 5.74) is 3.00. The third-order valence-corrected chi connectivity index (χ3v) is 6.29. The molecule has 0 saturated carbocycles. The van der Waals surface area contributed by atoms with Gasteiger partial charge in [-0.25, -0.2) is 0 Å². The lowest BCUT2D eigenvalue weighted by atomic mass is 9.92. The van der Waals surface area contributed by atoms with Crippen molar-refractivity contribution in [1.82, 2.24) is 10.2 Å². The van der Waals surface area contributed by atoms with Gasteiger partial charge in [-0.05, 0) is 42.7 Å². The lowest BCUT2D eigenvalue weighted by molar-refractivity contribution is -0.138. The maximum Gasteiger partial charge on any atom is 0.228 e. The standard InChI is InChI=1S/C26H34ClN3O3/c1-18(2)24(17-28-22-10-4-19(3)5-11-22)29-26(32)23(20-6-8-21(27)9-7-20)16-25(31)30-12-14-33-15-13-30/h4-11,18,23-24,28H,12-17H2,1-3H3,(H,29,32)/t23-,24+/m0/s1. The van der Waals surface area contributed by atoms with Gasteiger partial charge in [-0.2, -0.15) is 0 Å². The van der Waals surface area contributed by atoms with Crippen molar-refractivity contribution in [3.8, 4) is 0 Å². The molecule has 33 heavy (non-hydrogen) atoms. The van der Waals surface area contributed by atoms with Crippen molar-refractivity contribution in [2.24, 2.45) is 5.92 Å². The number of carbonyl (C=O) groups excluding carboxylic acids is 2. The van der Waals surface area contributed by atoms with Crippen molar-refractivity contribution in [3.63, 3.8) is 0 Å². The number of nitrogens with zero attached hydrogens (tertiary/aromatic N) is 1. The van der Waals surface area contributed by atoms with Gasteiger partial charge in [0.05, 0.1) is 19.1 Å². The van der Waals surface area contributed by atoms with E-state index in [0.717, 1.165) is 11.3 Å². The van der Waals surface area contributed by atoms with Crippen LogP contribution < -0.4 is 10.6 Å². The fraction of sp³-hybridized carbons (Fsp3) is 0.462. The van der Waals surface area contributed by atoms with Crippen LogP contribution in [-0.2, 0) is 14.3 Å². The van der Waals surface area contributed by atoms with E-state index in [2.05, 4.69) is 43.5 Å². The van der Waals surface area contributed by atoms with Gasteiger partial charge in [0.25, 0.3) is 0 Å². The summed E-state index contributed by atoms with van der Waals surface area (Å²) in [5, 5.41) is 7.20. The van der Waals surface area contributed by atoms with Crippen LogP contribution in [-0.4, -0.2) is 55.6 Å². The third kappa shape index (κ3) is 7.47. The zero-order valence-corrected chi connectivity index (χ0v) is 20.4. The largest absolute Gasteiger partial charge is 0.383 e. The monoisotopic (exact) mass is 471 g/mol. The zero-order chi connectivity index (χ0) is 23.8. The Hall–Kier alpha value is -2.57. The van der Waals surface area contributed by atoms with E-state index in [1.54, 1.807) is 17.0 Å². The highest BCUT2D eigenvalue weighted by Crippen LogP contribution is 2.24. The number of halogens is 1. The Morgan fingerprint density at radius 2 is 1.67 bits per heavy atom. The maximum absolute atomic E-state index is 13.5. The molecule has 0 spiro atoms. The Morgan fingerprint density at radius 1 is 1.03 bits per heavy atom. The van der Waals surface area contributed by atoms with Gasteiger partial charge in [0, 0.05) is 42.8 Å². The normalized spacial score (nSPS) is 15.7. The molecule has 1 aliphatic rings. The number of hydrogen-bond acceptors (Lipinski definition) is 4. The fourth-order valence-corrected chi connectivity index (χ4v) is 3.94. The quantitative estimate of drug-likeness (QED) is 0.574. The minimum Gasteiger partial charge on any atom is -0.383 e. The van der Waals surface area contributed by atoms with E-state index in [9.17, 15) is 9.59 Å². The van der Waals surface area contributed by atoms with E-state index < -0.39 is 5.92 Å². The summed E-state index contributed by atoms with van der Waals surface area (Å²) >= 11 is 6.06. The number of morpholine rings is 1. The second-order valence-corrected chi connectivity index (χ2v) is 9.34. The molecule has 1 saturated heterocycles. The number of nitrogens with one attached hydrogen (secondary N) is 2. The molecule has 2 atom stereocenters. The number of hydrogen-bond donors (Lipinski definition) is 2. The number of benzene rings is 2. The van der Waals surface area contributed by atoms with Gasteiger partial charge in [0.2, 0.25) is 11.8 Å². The van der Waals surface area contributed by atoms with Crippen LogP contribution in [0.2, 0.25) is 5.02 Å². The lowest BCUT2D eigenvalue weighted by Gasteiger charge is -2.30. The number of ether oxygens (including phenoxy) is 1. The van der Waals surface area contributed by atoms with Crippen LogP contribution in [0.3, 0.4) is 0 Å². The van der Waals surface area contributed by atoms with Crippen LogP contribution in [0.1, 0.15) is 37.3 Å². The molecule has 2 aromatic rings. The van der Waals surface area contributed by atoms with Gasteiger partial charge in [-0.3, -0.25) is 9.59 Å². The molecule has 7 heteroatoms. The smallest absolute Gasteiger partial charge is 0.228 e. The minimum absolute atomic E-state index is 0.0349. The van der Waals surface area contributed by atoms with Crippen molar-refractivity contribution in [3.05, 3.63) is 64.7 Å². The number of aryl methyl sites for hydroxylation is 1. The van der Waals surface area contributed by atoms with Gasteiger partial charge >= 0.3 is 0 Å². The third-order valence-electron chi connectivity index (χ3n) is 6.04. The molecule has 3 rings (SSSR count). The highest BCUT2D eigenvalue weighted by molar-refractivity contribution is 6.30. The zero-order valence-electron chi connectivity index (χ0n) is 19.6. The molecule has 0 bridgehead atoms. The Kier molecular flexibility index (Phi) is 9.15. The van der Waals surface area contributed by atoms with Crippen LogP contribution in [0.5, 0.6) is 0 Å². The SMILES string of the molecule is Cc1ccc(NC[C@@H](NC(=O)[C@@H](CC(=O)N2CCOCC2)c2ccc(Cl)cc2)C(C)C)cc1. The van der Waals surface area contributed by atoms with Crippen molar-refractivity contribution in [2.45, 2.75) is 39.2 Å². The maximum atomic E-state index is 13.5. The molecule has 6 nitrogen and oxygen atoms in total. The molecule has 1 aliphatic heterocycles. The molecular weight excluding hydrogens is 438 g/mol. The van der Waals surface area contributed by atoms with E-state index in [-0.39, 0.29) is 30.2 Å². The molecule has 1 fully saturated rings. The molecule has 2 N–H and O–H groups in total. The highest BCUT2D eigenvalue weighted by atomic mass is 35.5. The highest BCUT2D eigenvalue weighted by Gasteiger charge is 2.29. The predicted molar refractivity (Wildman–Crippen MR) is 133 cm³/mol. The van der Waals surface area contributed by atoms with Crippen molar-refractivity contribution >= 4 is 29.1 Å². The summed E-state index contributed by atoms with van der Waals surface area (Å²) in [6.45, 7) is 8.99. The first-order chi connectivity index (χ1) is 15.8. The minimum atomic E-state index is -0.585. The summed E-state index contributed by atoms with van der Waals surface area (Å²) < 4.78 is 5.35. The summed E-state index contributed by atoms with van der Waals surface area (Å²) in [6.07, 6.45) is 0.115. The lowest BCUT2D eigenvalue weighted by Crippen LogP contribution is -2.47. The summed E-state index contributed by atoms with van der Waals surface area (Å²) in [5.74, 6) is -0.554. The number of anilines is 1. The second-order valence-electron chi connectivity index (χ2n) is 8.91. The first kappa shape index (κ1) is 25.1. The van der Waals surface area contributed by atoms with Gasteiger partial charge in [0.1, 0.15) is 0 Å². The predicted octanol–water partition coefficient (Wildman–Crippen LogP) is 4.23. The molecule has 1 heterocycles. The van der Waals surface area contributed by atoms with Crippen LogP contribution >= 0.6 is 11.6 Å². The summed E-state index contributed by atoms with van der Waals surface area (Å²) in [4.78, 5) is 28.2. The van der Waals surface area contributed by atoms with Crippen molar-refractivity contribution in [2.75, 3.05) is 38.2 Å². The Labute approximate surface area is 201 Å². The number of carbonyl (C=O) groups is 2. The van der Waals surface area contributed by atoms with E-state index >= 15 is 0 Å². The summed E-state index contributed by atoms with van der Waals surface area (Å²) in [6, 6.07) is 15.3. The average Bonchev–Trinajstić information content (AvgIpc) is 2.82. The van der Waals surface area contributed by atoms with E-state index in [0.29, 0.717) is 37.9 Å². The van der Waals surface area contributed by atoms with Gasteiger partial charge in [-0.1, -0.05) is 55.3 Å². The van der Waals surface area contributed by atoms with Crippen LogP contribution in [0.25, 0.3) is 0 Å². The van der Waals surface area contributed by atoms with Crippen molar-refractivity contribution < 1.29 is 14.3 Å². The molecule has 0 radical (unpaired) electrons. The Morgan fingerprint density at radius 3 is 2.27 bits per heavy atom.